The Morgan fingerprint density at radius 3 is 2.68 bits per heavy atom. The molecule has 0 aromatic heterocycles. The summed E-state index contributed by atoms with van der Waals surface area (Å²) in [6.45, 7) is 5.11. The molecular formula is C23H24BrN3O. The molecule has 0 saturated carbocycles. The standard InChI is InChI=1S/C23H24BrN3O/c1-15-6-9-19(10-7-15)27-22(28)23(16(2)25-27)14-17-13-18(24)8-11-20(17)26-12-4-3-5-21(23)26/h6-11,13,21H,3-5,12,14H2,1-2H3/t21-,23+/m0/s1. The summed E-state index contributed by atoms with van der Waals surface area (Å²) in [5.41, 5.74) is 4.93. The highest BCUT2D eigenvalue weighted by molar-refractivity contribution is 9.10. The third-order valence-corrected chi connectivity index (χ3v) is 7.13. The number of amides is 1. The van der Waals surface area contributed by atoms with Crippen LogP contribution in [0, 0.1) is 12.3 Å². The highest BCUT2D eigenvalue weighted by atomic mass is 79.9. The van der Waals surface area contributed by atoms with Gasteiger partial charge in [-0.1, -0.05) is 33.6 Å². The van der Waals surface area contributed by atoms with Crippen LogP contribution in [-0.2, 0) is 11.2 Å². The van der Waals surface area contributed by atoms with Gasteiger partial charge in [-0.3, -0.25) is 4.79 Å². The number of carbonyl (C=O) groups is 1. The van der Waals surface area contributed by atoms with E-state index in [0.717, 1.165) is 35.3 Å². The number of fused-ring (bicyclic) bond motifs is 4. The van der Waals surface area contributed by atoms with E-state index in [0.29, 0.717) is 0 Å². The molecule has 3 aliphatic rings. The van der Waals surface area contributed by atoms with Crippen LogP contribution >= 0.6 is 15.9 Å². The van der Waals surface area contributed by atoms with E-state index in [-0.39, 0.29) is 11.9 Å². The fraction of sp³-hybridized carbons (Fsp3) is 0.391. The quantitative estimate of drug-likeness (QED) is 0.623. The van der Waals surface area contributed by atoms with Gasteiger partial charge in [-0.05, 0) is 75.4 Å². The molecule has 3 aliphatic heterocycles. The van der Waals surface area contributed by atoms with Gasteiger partial charge in [-0.25, -0.2) is 0 Å². The van der Waals surface area contributed by atoms with Crippen molar-refractivity contribution in [3.8, 4) is 0 Å². The van der Waals surface area contributed by atoms with Gasteiger partial charge in [0.15, 0.2) is 0 Å². The number of carbonyl (C=O) groups excluding carboxylic acids is 1. The Balaban J connectivity index is 1.63. The first-order chi connectivity index (χ1) is 13.5. The number of rotatable bonds is 1. The molecule has 5 rings (SSSR count). The second kappa shape index (κ2) is 6.45. The van der Waals surface area contributed by atoms with Crippen LogP contribution in [-0.4, -0.2) is 24.2 Å². The topological polar surface area (TPSA) is 35.9 Å². The van der Waals surface area contributed by atoms with Gasteiger partial charge in [0.1, 0.15) is 5.41 Å². The molecule has 0 bridgehead atoms. The van der Waals surface area contributed by atoms with Gasteiger partial charge in [0.25, 0.3) is 5.91 Å². The SMILES string of the molecule is CC1=NN(c2ccc(C)cc2)C(=O)[C@]12Cc1cc(Br)ccc1N1CCCC[C@H]12. The first-order valence-corrected chi connectivity index (χ1v) is 10.8. The van der Waals surface area contributed by atoms with Crippen LogP contribution in [0.2, 0.25) is 0 Å². The second-order valence-corrected chi connectivity index (χ2v) is 9.18. The number of halogens is 1. The first kappa shape index (κ1) is 17.9. The van der Waals surface area contributed by atoms with E-state index in [4.69, 9.17) is 5.10 Å². The normalized spacial score (nSPS) is 26.3. The van der Waals surface area contributed by atoms with Crippen molar-refractivity contribution >= 4 is 38.9 Å². The van der Waals surface area contributed by atoms with E-state index in [2.05, 4.69) is 46.0 Å². The van der Waals surface area contributed by atoms with E-state index >= 15 is 0 Å². The molecule has 2 aromatic carbocycles. The fourth-order valence-electron chi connectivity index (χ4n) is 5.20. The minimum Gasteiger partial charge on any atom is -0.367 e. The molecule has 1 spiro atoms. The van der Waals surface area contributed by atoms with E-state index in [1.165, 1.54) is 29.7 Å². The average molecular weight is 438 g/mol. The molecule has 1 saturated heterocycles. The second-order valence-electron chi connectivity index (χ2n) is 8.26. The summed E-state index contributed by atoms with van der Waals surface area (Å²) in [7, 11) is 0. The van der Waals surface area contributed by atoms with Gasteiger partial charge in [0, 0.05) is 22.7 Å². The zero-order chi connectivity index (χ0) is 19.5. The highest BCUT2D eigenvalue weighted by Gasteiger charge is 2.59. The summed E-state index contributed by atoms with van der Waals surface area (Å²) in [5.74, 6) is 0.122. The highest BCUT2D eigenvalue weighted by Crippen LogP contribution is 2.50. The van der Waals surface area contributed by atoms with Gasteiger partial charge in [0.05, 0.1) is 11.4 Å². The Morgan fingerprint density at radius 2 is 1.89 bits per heavy atom. The fourth-order valence-corrected chi connectivity index (χ4v) is 5.61. The average Bonchev–Trinajstić information content (AvgIpc) is 2.94. The van der Waals surface area contributed by atoms with Gasteiger partial charge in [0.2, 0.25) is 0 Å². The largest absolute Gasteiger partial charge is 0.367 e. The van der Waals surface area contributed by atoms with Gasteiger partial charge < -0.3 is 4.90 Å². The van der Waals surface area contributed by atoms with Crippen LogP contribution in [0.25, 0.3) is 0 Å². The number of hydrogen-bond donors (Lipinski definition) is 0. The minimum atomic E-state index is -0.570. The molecule has 1 amide bonds. The number of aryl methyl sites for hydroxylation is 1. The van der Waals surface area contributed by atoms with Crippen LogP contribution in [0.4, 0.5) is 11.4 Å². The van der Waals surface area contributed by atoms with Crippen molar-refractivity contribution in [3.63, 3.8) is 0 Å². The van der Waals surface area contributed by atoms with Crippen molar-refractivity contribution < 1.29 is 4.79 Å². The van der Waals surface area contributed by atoms with Crippen LogP contribution in [0.3, 0.4) is 0 Å². The number of hydrazone groups is 1. The van der Waals surface area contributed by atoms with E-state index < -0.39 is 5.41 Å². The number of benzene rings is 2. The Bertz CT molecular complexity index is 984. The summed E-state index contributed by atoms with van der Waals surface area (Å²) in [6.07, 6.45) is 4.10. The third-order valence-electron chi connectivity index (χ3n) is 6.64. The van der Waals surface area contributed by atoms with Crippen molar-refractivity contribution in [2.24, 2.45) is 10.5 Å². The zero-order valence-corrected chi connectivity index (χ0v) is 17.9. The smallest absolute Gasteiger partial charge is 0.261 e. The van der Waals surface area contributed by atoms with Crippen LogP contribution in [0.5, 0.6) is 0 Å². The van der Waals surface area contributed by atoms with Crippen molar-refractivity contribution in [3.05, 3.63) is 58.1 Å². The molecule has 28 heavy (non-hydrogen) atoms. The van der Waals surface area contributed by atoms with Gasteiger partial charge in [-0.15, -0.1) is 0 Å². The minimum absolute atomic E-state index is 0.122. The van der Waals surface area contributed by atoms with Crippen molar-refractivity contribution in [1.29, 1.82) is 0 Å². The summed E-state index contributed by atoms with van der Waals surface area (Å²) in [6, 6.07) is 14.7. The molecular weight excluding hydrogens is 414 g/mol. The summed E-state index contributed by atoms with van der Waals surface area (Å²) in [5, 5.41) is 6.44. The molecule has 0 N–H and O–H groups in total. The van der Waals surface area contributed by atoms with E-state index in [9.17, 15) is 4.79 Å². The number of hydrogen-bond acceptors (Lipinski definition) is 3. The molecule has 4 nitrogen and oxygen atoms in total. The summed E-state index contributed by atoms with van der Waals surface area (Å²) in [4.78, 5) is 16.4. The van der Waals surface area contributed by atoms with Crippen LogP contribution < -0.4 is 9.91 Å². The third kappa shape index (κ3) is 2.48. The van der Waals surface area contributed by atoms with Crippen LogP contribution in [0.1, 0.15) is 37.3 Å². The Morgan fingerprint density at radius 1 is 1.11 bits per heavy atom. The lowest BCUT2D eigenvalue weighted by Crippen LogP contribution is -2.61. The van der Waals surface area contributed by atoms with Crippen LogP contribution in [0.15, 0.2) is 52.0 Å². The molecule has 144 valence electrons. The Labute approximate surface area is 174 Å². The molecule has 1 fully saturated rings. The van der Waals surface area contributed by atoms with Gasteiger partial charge >= 0.3 is 0 Å². The Kier molecular flexibility index (Phi) is 4.13. The zero-order valence-electron chi connectivity index (χ0n) is 16.3. The molecule has 0 radical (unpaired) electrons. The van der Waals surface area contributed by atoms with Crippen molar-refractivity contribution in [2.45, 2.75) is 45.6 Å². The molecule has 3 heterocycles. The monoisotopic (exact) mass is 437 g/mol. The predicted octanol–water partition coefficient (Wildman–Crippen LogP) is 5.08. The van der Waals surface area contributed by atoms with Crippen molar-refractivity contribution in [1.82, 2.24) is 0 Å². The van der Waals surface area contributed by atoms with E-state index in [1.807, 2.05) is 31.2 Å². The molecule has 0 unspecified atom stereocenters. The lowest BCUT2D eigenvalue weighted by molar-refractivity contribution is -0.125. The summed E-state index contributed by atoms with van der Waals surface area (Å²) < 4.78 is 1.06. The lowest BCUT2D eigenvalue weighted by Gasteiger charge is -2.51. The predicted molar refractivity (Wildman–Crippen MR) is 117 cm³/mol. The molecule has 5 heteroatoms. The molecule has 0 aliphatic carbocycles. The first-order valence-electron chi connectivity index (χ1n) is 10.0. The molecule has 2 atom stereocenters. The van der Waals surface area contributed by atoms with Crippen molar-refractivity contribution in [2.75, 3.05) is 16.5 Å². The maximum absolute atomic E-state index is 13.9. The maximum Gasteiger partial charge on any atom is 0.261 e. The molecule has 2 aromatic rings. The number of nitrogens with zero attached hydrogens (tertiary/aromatic N) is 3. The van der Waals surface area contributed by atoms with Gasteiger partial charge in [-0.2, -0.15) is 10.1 Å². The lowest BCUT2D eigenvalue weighted by atomic mass is 9.66. The van der Waals surface area contributed by atoms with E-state index in [1.54, 1.807) is 5.01 Å². The maximum atomic E-state index is 13.9. The Hall–Kier alpha value is -2.14. The summed E-state index contributed by atoms with van der Waals surface area (Å²) >= 11 is 3.62. The number of piperidine rings is 1. The number of anilines is 2.